The number of halogens is 3. The van der Waals surface area contributed by atoms with Gasteiger partial charge in [-0.25, -0.2) is 4.98 Å². The SMILES string of the molecule is FC(F)(F)C1(Cn2cc(CCn3cncn3)nn2)CCCCC1. The van der Waals surface area contributed by atoms with E-state index in [1.165, 1.54) is 11.0 Å². The number of rotatable bonds is 5. The van der Waals surface area contributed by atoms with Gasteiger partial charge in [0.25, 0.3) is 0 Å². The fourth-order valence-electron chi connectivity index (χ4n) is 3.18. The minimum atomic E-state index is -4.21. The zero-order valence-corrected chi connectivity index (χ0v) is 12.7. The molecule has 3 rings (SSSR count). The summed E-state index contributed by atoms with van der Waals surface area (Å²) in [4.78, 5) is 3.84. The number of alkyl halides is 3. The Labute approximate surface area is 131 Å². The van der Waals surface area contributed by atoms with Gasteiger partial charge in [0, 0.05) is 19.2 Å². The van der Waals surface area contributed by atoms with Crippen molar-refractivity contribution < 1.29 is 13.2 Å². The molecule has 0 bridgehead atoms. The van der Waals surface area contributed by atoms with Crippen molar-refractivity contribution >= 4 is 0 Å². The summed E-state index contributed by atoms with van der Waals surface area (Å²) >= 11 is 0. The quantitative estimate of drug-likeness (QED) is 0.846. The Hall–Kier alpha value is -1.93. The lowest BCUT2D eigenvalue weighted by molar-refractivity contribution is -0.240. The van der Waals surface area contributed by atoms with Gasteiger partial charge in [-0.15, -0.1) is 5.10 Å². The largest absolute Gasteiger partial charge is 0.396 e. The summed E-state index contributed by atoms with van der Waals surface area (Å²) < 4.78 is 43.6. The molecule has 0 aliphatic heterocycles. The molecule has 6 nitrogen and oxygen atoms in total. The molecular formula is C14H19F3N6. The maximum Gasteiger partial charge on any atom is 0.396 e. The van der Waals surface area contributed by atoms with Crippen LogP contribution in [0.2, 0.25) is 0 Å². The first-order chi connectivity index (χ1) is 11.0. The van der Waals surface area contributed by atoms with Gasteiger partial charge in [-0.05, 0) is 12.8 Å². The molecule has 23 heavy (non-hydrogen) atoms. The van der Waals surface area contributed by atoms with Crippen molar-refractivity contribution in [2.75, 3.05) is 0 Å². The fraction of sp³-hybridized carbons (Fsp3) is 0.714. The first-order valence-corrected chi connectivity index (χ1v) is 7.77. The van der Waals surface area contributed by atoms with Crippen LogP contribution in [0, 0.1) is 5.41 Å². The second-order valence-corrected chi connectivity index (χ2v) is 6.15. The lowest BCUT2D eigenvalue weighted by Crippen LogP contribution is -2.43. The Balaban J connectivity index is 1.67. The number of hydrogen-bond acceptors (Lipinski definition) is 4. The van der Waals surface area contributed by atoms with Crippen molar-refractivity contribution in [3.63, 3.8) is 0 Å². The van der Waals surface area contributed by atoms with Gasteiger partial charge in [0.05, 0.1) is 17.7 Å². The van der Waals surface area contributed by atoms with E-state index in [0.717, 1.165) is 6.42 Å². The van der Waals surface area contributed by atoms with E-state index >= 15 is 0 Å². The molecule has 0 atom stereocenters. The zero-order valence-electron chi connectivity index (χ0n) is 12.7. The third kappa shape index (κ3) is 3.53. The predicted octanol–water partition coefficient (Wildman–Crippen LogP) is 2.63. The highest BCUT2D eigenvalue weighted by molar-refractivity contribution is 4.95. The summed E-state index contributed by atoms with van der Waals surface area (Å²) in [5.41, 5.74) is -1.00. The molecule has 0 amide bonds. The molecule has 2 heterocycles. The van der Waals surface area contributed by atoms with E-state index in [-0.39, 0.29) is 19.4 Å². The third-order valence-electron chi connectivity index (χ3n) is 4.53. The Morgan fingerprint density at radius 2 is 1.91 bits per heavy atom. The molecule has 0 N–H and O–H groups in total. The zero-order chi connectivity index (χ0) is 16.3. The molecule has 1 saturated carbocycles. The molecule has 0 aromatic carbocycles. The van der Waals surface area contributed by atoms with Crippen LogP contribution in [-0.2, 0) is 19.5 Å². The average Bonchev–Trinajstić information content (AvgIpc) is 3.16. The van der Waals surface area contributed by atoms with Crippen LogP contribution in [0.5, 0.6) is 0 Å². The van der Waals surface area contributed by atoms with Gasteiger partial charge in [-0.1, -0.05) is 24.5 Å². The van der Waals surface area contributed by atoms with Gasteiger partial charge in [-0.3, -0.25) is 9.36 Å². The first-order valence-electron chi connectivity index (χ1n) is 7.77. The molecule has 2 aromatic rings. The molecule has 2 aromatic heterocycles. The summed E-state index contributed by atoms with van der Waals surface area (Å²) in [6.07, 6.45) is 3.44. The van der Waals surface area contributed by atoms with Crippen molar-refractivity contribution in [2.24, 2.45) is 5.41 Å². The van der Waals surface area contributed by atoms with Crippen LogP contribution in [0.1, 0.15) is 37.8 Å². The molecule has 0 radical (unpaired) electrons. The van der Waals surface area contributed by atoms with E-state index in [0.29, 0.717) is 31.5 Å². The van der Waals surface area contributed by atoms with Crippen molar-refractivity contribution in [1.82, 2.24) is 29.8 Å². The van der Waals surface area contributed by atoms with Crippen LogP contribution in [0.25, 0.3) is 0 Å². The lowest BCUT2D eigenvalue weighted by Gasteiger charge is -2.38. The predicted molar refractivity (Wildman–Crippen MR) is 75.3 cm³/mol. The van der Waals surface area contributed by atoms with E-state index in [1.54, 1.807) is 17.2 Å². The highest BCUT2D eigenvalue weighted by Crippen LogP contribution is 2.49. The van der Waals surface area contributed by atoms with Crippen molar-refractivity contribution in [1.29, 1.82) is 0 Å². The Morgan fingerprint density at radius 3 is 2.57 bits per heavy atom. The van der Waals surface area contributed by atoms with Crippen LogP contribution in [-0.4, -0.2) is 35.9 Å². The van der Waals surface area contributed by atoms with Gasteiger partial charge in [-0.2, -0.15) is 18.3 Å². The van der Waals surface area contributed by atoms with Crippen molar-refractivity contribution in [2.45, 2.75) is 57.8 Å². The topological polar surface area (TPSA) is 61.4 Å². The normalized spacial score (nSPS) is 18.2. The lowest BCUT2D eigenvalue weighted by atomic mass is 9.73. The van der Waals surface area contributed by atoms with E-state index in [2.05, 4.69) is 20.4 Å². The maximum absolute atomic E-state index is 13.5. The van der Waals surface area contributed by atoms with Gasteiger partial charge in [0.15, 0.2) is 0 Å². The van der Waals surface area contributed by atoms with Gasteiger partial charge >= 0.3 is 6.18 Å². The highest BCUT2D eigenvalue weighted by Gasteiger charge is 2.54. The number of hydrogen-bond donors (Lipinski definition) is 0. The number of aromatic nitrogens is 6. The second-order valence-electron chi connectivity index (χ2n) is 6.15. The monoisotopic (exact) mass is 328 g/mol. The standard InChI is InChI=1S/C14H19F3N6/c15-14(16,17)13(5-2-1-3-6-13)9-23-8-12(20-21-23)4-7-22-11-18-10-19-22/h8,10-11H,1-7,9H2. The third-order valence-corrected chi connectivity index (χ3v) is 4.53. The van der Waals surface area contributed by atoms with Crippen LogP contribution in [0.15, 0.2) is 18.9 Å². The first kappa shape index (κ1) is 15.9. The van der Waals surface area contributed by atoms with Gasteiger partial charge < -0.3 is 0 Å². The molecule has 1 fully saturated rings. The van der Waals surface area contributed by atoms with E-state index in [4.69, 9.17) is 0 Å². The minimum Gasteiger partial charge on any atom is -0.253 e. The van der Waals surface area contributed by atoms with Crippen LogP contribution in [0.4, 0.5) is 13.2 Å². The van der Waals surface area contributed by atoms with E-state index in [1.807, 2.05) is 0 Å². The summed E-state index contributed by atoms with van der Waals surface area (Å²) in [6.45, 7) is 0.427. The maximum atomic E-state index is 13.5. The van der Waals surface area contributed by atoms with Crippen LogP contribution in [0.3, 0.4) is 0 Å². The van der Waals surface area contributed by atoms with Crippen molar-refractivity contribution in [3.8, 4) is 0 Å². The van der Waals surface area contributed by atoms with Crippen molar-refractivity contribution in [3.05, 3.63) is 24.5 Å². The second kappa shape index (κ2) is 6.29. The Morgan fingerprint density at radius 1 is 1.13 bits per heavy atom. The molecule has 0 saturated heterocycles. The molecular weight excluding hydrogens is 309 g/mol. The summed E-state index contributed by atoms with van der Waals surface area (Å²) in [7, 11) is 0. The average molecular weight is 328 g/mol. The van der Waals surface area contributed by atoms with Gasteiger partial charge in [0.1, 0.15) is 12.7 Å². The number of nitrogens with zero attached hydrogens (tertiary/aromatic N) is 6. The highest BCUT2D eigenvalue weighted by atomic mass is 19.4. The van der Waals surface area contributed by atoms with E-state index < -0.39 is 11.6 Å². The molecule has 1 aliphatic rings. The molecule has 9 heteroatoms. The summed E-state index contributed by atoms with van der Waals surface area (Å²) in [5, 5.41) is 11.8. The van der Waals surface area contributed by atoms with E-state index in [9.17, 15) is 13.2 Å². The summed E-state index contributed by atoms with van der Waals surface area (Å²) in [6, 6.07) is 0. The van der Waals surface area contributed by atoms with Crippen LogP contribution >= 0.6 is 0 Å². The van der Waals surface area contributed by atoms with Crippen LogP contribution < -0.4 is 0 Å². The fourth-order valence-corrected chi connectivity index (χ4v) is 3.18. The Kier molecular flexibility index (Phi) is 4.36. The Bertz CT molecular complexity index is 613. The summed E-state index contributed by atoms with van der Waals surface area (Å²) in [5.74, 6) is 0. The van der Waals surface area contributed by atoms with Gasteiger partial charge in [0.2, 0.25) is 0 Å². The number of aryl methyl sites for hydroxylation is 2. The molecule has 126 valence electrons. The molecule has 0 unspecified atom stereocenters. The smallest absolute Gasteiger partial charge is 0.253 e. The minimum absolute atomic E-state index is 0.146. The molecule has 0 spiro atoms. The molecule has 1 aliphatic carbocycles.